The van der Waals surface area contributed by atoms with Gasteiger partial charge in [-0.2, -0.15) is 0 Å². The van der Waals surface area contributed by atoms with Crippen LogP contribution in [0.1, 0.15) is 59.3 Å². The Morgan fingerprint density at radius 2 is 1.70 bits per heavy atom. The fourth-order valence-corrected chi connectivity index (χ4v) is 3.49. The first kappa shape index (κ1) is 15.6. The summed E-state index contributed by atoms with van der Waals surface area (Å²) in [6.07, 6.45) is 6.89. The molecule has 1 heterocycles. The van der Waals surface area contributed by atoms with Gasteiger partial charge in [0.1, 0.15) is 5.60 Å². The molecule has 2 aliphatic rings. The van der Waals surface area contributed by atoms with Gasteiger partial charge in [0.2, 0.25) is 0 Å². The molecule has 0 radical (unpaired) electrons. The molecule has 1 aliphatic heterocycles. The number of likely N-dealkylation sites (tertiary alicyclic amines) is 1. The van der Waals surface area contributed by atoms with Crippen LogP contribution in [0.4, 0.5) is 4.79 Å². The van der Waals surface area contributed by atoms with Crippen LogP contribution in [0.25, 0.3) is 0 Å². The molecular formula is C16H29NO3. The van der Waals surface area contributed by atoms with E-state index >= 15 is 0 Å². The summed E-state index contributed by atoms with van der Waals surface area (Å²) < 4.78 is 5.41. The largest absolute Gasteiger partial charge is 0.444 e. The van der Waals surface area contributed by atoms with Gasteiger partial charge in [-0.1, -0.05) is 38.5 Å². The van der Waals surface area contributed by atoms with Crippen LogP contribution in [0.5, 0.6) is 0 Å². The molecule has 2 atom stereocenters. The highest BCUT2D eigenvalue weighted by molar-refractivity contribution is 5.68. The van der Waals surface area contributed by atoms with Crippen molar-refractivity contribution < 1.29 is 14.6 Å². The first-order chi connectivity index (χ1) is 9.37. The van der Waals surface area contributed by atoms with Crippen molar-refractivity contribution in [2.75, 3.05) is 13.1 Å². The van der Waals surface area contributed by atoms with E-state index in [1.807, 2.05) is 20.8 Å². The Labute approximate surface area is 122 Å². The summed E-state index contributed by atoms with van der Waals surface area (Å²) in [5.41, 5.74) is -0.470. The Balaban J connectivity index is 1.92. The molecule has 4 heteroatoms. The summed E-state index contributed by atoms with van der Waals surface area (Å²) >= 11 is 0. The van der Waals surface area contributed by atoms with Gasteiger partial charge >= 0.3 is 6.09 Å². The van der Waals surface area contributed by atoms with Crippen LogP contribution in [-0.2, 0) is 4.74 Å². The van der Waals surface area contributed by atoms with Crippen molar-refractivity contribution in [3.05, 3.63) is 0 Å². The minimum Gasteiger partial charge on any atom is -0.444 e. The lowest BCUT2D eigenvalue weighted by Gasteiger charge is -2.25. The van der Waals surface area contributed by atoms with E-state index < -0.39 is 5.60 Å². The molecule has 1 aliphatic carbocycles. The Morgan fingerprint density at radius 1 is 1.10 bits per heavy atom. The third-order valence-corrected chi connectivity index (χ3v) is 4.49. The van der Waals surface area contributed by atoms with Gasteiger partial charge in [0.25, 0.3) is 0 Å². The summed E-state index contributed by atoms with van der Waals surface area (Å²) in [7, 11) is 0. The zero-order valence-corrected chi connectivity index (χ0v) is 13.1. The van der Waals surface area contributed by atoms with Crippen LogP contribution in [0, 0.1) is 11.8 Å². The lowest BCUT2D eigenvalue weighted by Crippen LogP contribution is -2.36. The fraction of sp³-hybridized carbons (Fsp3) is 0.938. The van der Waals surface area contributed by atoms with Crippen molar-refractivity contribution in [1.82, 2.24) is 4.90 Å². The van der Waals surface area contributed by atoms with E-state index in [1.165, 1.54) is 38.5 Å². The Bertz CT molecular complexity index is 329. The van der Waals surface area contributed by atoms with Gasteiger partial charge in [0, 0.05) is 12.5 Å². The van der Waals surface area contributed by atoms with E-state index in [9.17, 15) is 9.90 Å². The Hall–Kier alpha value is -0.770. The standard InChI is InChI=1S/C16H29NO3/c1-16(2,3)20-15(19)17-10-13(14(18)11-17)12-8-6-4-5-7-9-12/h12-14,18H,4-11H2,1-3H3/t13-,14+/m1/s1. The number of hydrogen-bond acceptors (Lipinski definition) is 3. The minimum atomic E-state index is -0.470. The van der Waals surface area contributed by atoms with E-state index in [1.54, 1.807) is 4.90 Å². The molecule has 0 unspecified atom stereocenters. The first-order valence-corrected chi connectivity index (χ1v) is 8.03. The molecule has 1 N–H and O–H groups in total. The van der Waals surface area contributed by atoms with Crippen molar-refractivity contribution in [3.8, 4) is 0 Å². The maximum Gasteiger partial charge on any atom is 0.410 e. The monoisotopic (exact) mass is 283 g/mol. The van der Waals surface area contributed by atoms with Gasteiger partial charge in [0.15, 0.2) is 0 Å². The van der Waals surface area contributed by atoms with Gasteiger partial charge in [-0.25, -0.2) is 4.79 Å². The van der Waals surface area contributed by atoms with E-state index in [-0.39, 0.29) is 18.1 Å². The number of aliphatic hydroxyl groups is 1. The lowest BCUT2D eigenvalue weighted by molar-refractivity contribution is 0.0269. The van der Waals surface area contributed by atoms with Crippen LogP contribution in [-0.4, -0.2) is 40.9 Å². The van der Waals surface area contributed by atoms with Gasteiger partial charge in [-0.15, -0.1) is 0 Å². The molecule has 20 heavy (non-hydrogen) atoms. The maximum atomic E-state index is 12.1. The molecule has 1 saturated heterocycles. The van der Waals surface area contributed by atoms with E-state index in [2.05, 4.69) is 0 Å². The van der Waals surface area contributed by atoms with E-state index in [4.69, 9.17) is 4.74 Å². The Kier molecular flexibility index (Phi) is 4.95. The van der Waals surface area contributed by atoms with Gasteiger partial charge in [0.05, 0.1) is 12.6 Å². The molecule has 0 aromatic heterocycles. The molecule has 2 rings (SSSR count). The van der Waals surface area contributed by atoms with E-state index in [0.29, 0.717) is 19.0 Å². The third kappa shape index (κ3) is 4.11. The van der Waals surface area contributed by atoms with Crippen molar-refractivity contribution in [1.29, 1.82) is 0 Å². The average Bonchev–Trinajstić information content (AvgIpc) is 2.57. The second-order valence-electron chi connectivity index (χ2n) is 7.37. The number of carbonyl (C=O) groups excluding carboxylic acids is 1. The number of nitrogens with zero attached hydrogens (tertiary/aromatic N) is 1. The summed E-state index contributed by atoms with van der Waals surface area (Å²) in [5, 5.41) is 10.3. The SMILES string of the molecule is CC(C)(C)OC(=O)N1C[C@H](C2CCCCCC2)[C@@H](O)C1. The zero-order chi connectivity index (χ0) is 14.8. The quantitative estimate of drug-likeness (QED) is 0.752. The summed E-state index contributed by atoms with van der Waals surface area (Å²) in [6.45, 7) is 6.71. The predicted molar refractivity (Wildman–Crippen MR) is 78.5 cm³/mol. The highest BCUT2D eigenvalue weighted by Crippen LogP contribution is 2.34. The normalized spacial score (nSPS) is 29.3. The number of aliphatic hydroxyl groups excluding tert-OH is 1. The molecule has 1 amide bonds. The van der Waals surface area contributed by atoms with Crippen LogP contribution in [0.15, 0.2) is 0 Å². The van der Waals surface area contributed by atoms with E-state index in [0.717, 1.165) is 0 Å². The van der Waals surface area contributed by atoms with Gasteiger partial charge in [-0.3, -0.25) is 0 Å². The fourth-order valence-electron chi connectivity index (χ4n) is 3.49. The second kappa shape index (κ2) is 6.33. The molecule has 1 saturated carbocycles. The zero-order valence-electron chi connectivity index (χ0n) is 13.1. The van der Waals surface area contributed by atoms with Crippen LogP contribution >= 0.6 is 0 Å². The Morgan fingerprint density at radius 3 is 2.25 bits per heavy atom. The lowest BCUT2D eigenvalue weighted by atomic mass is 9.84. The van der Waals surface area contributed by atoms with Gasteiger partial charge in [-0.05, 0) is 26.7 Å². The number of ether oxygens (including phenoxy) is 1. The molecule has 4 nitrogen and oxygen atoms in total. The number of carbonyl (C=O) groups is 1. The molecular weight excluding hydrogens is 254 g/mol. The van der Waals surface area contributed by atoms with Crippen molar-refractivity contribution in [2.24, 2.45) is 11.8 Å². The predicted octanol–water partition coefficient (Wildman–Crippen LogP) is 3.18. The van der Waals surface area contributed by atoms with Crippen LogP contribution < -0.4 is 0 Å². The first-order valence-electron chi connectivity index (χ1n) is 8.03. The molecule has 2 fully saturated rings. The van der Waals surface area contributed by atoms with Crippen molar-refractivity contribution in [3.63, 3.8) is 0 Å². The molecule has 0 spiro atoms. The van der Waals surface area contributed by atoms with Gasteiger partial charge < -0.3 is 14.7 Å². The minimum absolute atomic E-state index is 0.237. The van der Waals surface area contributed by atoms with Crippen molar-refractivity contribution >= 4 is 6.09 Å². The van der Waals surface area contributed by atoms with Crippen LogP contribution in [0.3, 0.4) is 0 Å². The number of amides is 1. The smallest absolute Gasteiger partial charge is 0.410 e. The van der Waals surface area contributed by atoms with Crippen LogP contribution in [0.2, 0.25) is 0 Å². The maximum absolute atomic E-state index is 12.1. The topological polar surface area (TPSA) is 49.8 Å². The highest BCUT2D eigenvalue weighted by atomic mass is 16.6. The summed E-state index contributed by atoms with van der Waals surface area (Å²) in [4.78, 5) is 13.8. The number of rotatable bonds is 1. The second-order valence-corrected chi connectivity index (χ2v) is 7.37. The summed E-state index contributed by atoms with van der Waals surface area (Å²) in [5.74, 6) is 0.806. The number of β-amino-alcohol motifs (C(OH)–C–C–N with tert-alkyl or cyclic N) is 1. The highest BCUT2D eigenvalue weighted by Gasteiger charge is 2.39. The molecule has 0 bridgehead atoms. The summed E-state index contributed by atoms with van der Waals surface area (Å²) in [6, 6.07) is 0. The average molecular weight is 283 g/mol. The molecule has 0 aromatic carbocycles. The third-order valence-electron chi connectivity index (χ3n) is 4.49. The number of hydrogen-bond donors (Lipinski definition) is 1. The molecule has 116 valence electrons. The molecule has 0 aromatic rings. The van der Waals surface area contributed by atoms with Crippen molar-refractivity contribution in [2.45, 2.75) is 71.0 Å².